The van der Waals surface area contributed by atoms with E-state index in [1.54, 1.807) is 0 Å². The Kier molecular flexibility index (Phi) is 7.94. The van der Waals surface area contributed by atoms with Crippen molar-refractivity contribution in [2.45, 2.75) is 32.2 Å². The van der Waals surface area contributed by atoms with Gasteiger partial charge < -0.3 is 20.3 Å². The summed E-state index contributed by atoms with van der Waals surface area (Å²) in [6, 6.07) is 15.2. The fraction of sp³-hybridized carbons (Fsp3) is 0.360. The molecule has 162 valence electrons. The van der Waals surface area contributed by atoms with Crippen LogP contribution < -0.4 is 15.4 Å². The maximum Gasteiger partial charge on any atom is 0.315 e. The Morgan fingerprint density at radius 1 is 1.10 bits per heavy atom. The molecule has 2 aromatic rings. The number of urea groups is 1. The minimum Gasteiger partial charge on any atom is -0.481 e. The topological polar surface area (TPSA) is 70.7 Å². The SMILES string of the molecule is C#CCOc1ccc(CCNC(=O)NC2CCN(C(=O)c3ccc(C)cc3)CC2)cc1. The maximum absolute atomic E-state index is 12.6. The van der Waals surface area contributed by atoms with E-state index < -0.39 is 0 Å². The number of amides is 3. The van der Waals surface area contributed by atoms with Gasteiger partial charge in [0.25, 0.3) is 5.91 Å². The summed E-state index contributed by atoms with van der Waals surface area (Å²) in [4.78, 5) is 26.7. The second kappa shape index (κ2) is 11.1. The minimum absolute atomic E-state index is 0.0543. The van der Waals surface area contributed by atoms with Crippen LogP contribution in [0.3, 0.4) is 0 Å². The second-order valence-electron chi connectivity index (χ2n) is 7.72. The number of likely N-dealkylation sites (tertiary alicyclic amines) is 1. The molecule has 1 saturated heterocycles. The van der Waals surface area contributed by atoms with Gasteiger partial charge in [0.15, 0.2) is 0 Å². The van der Waals surface area contributed by atoms with Crippen LogP contribution in [0.5, 0.6) is 5.75 Å². The van der Waals surface area contributed by atoms with Crippen molar-refractivity contribution < 1.29 is 14.3 Å². The van der Waals surface area contributed by atoms with E-state index >= 15 is 0 Å². The molecule has 0 bridgehead atoms. The highest BCUT2D eigenvalue weighted by Crippen LogP contribution is 2.15. The summed E-state index contributed by atoms with van der Waals surface area (Å²) in [5.74, 6) is 3.22. The minimum atomic E-state index is -0.169. The largest absolute Gasteiger partial charge is 0.481 e. The first-order chi connectivity index (χ1) is 15.0. The van der Waals surface area contributed by atoms with Crippen molar-refractivity contribution in [2.75, 3.05) is 26.2 Å². The standard InChI is InChI=1S/C25H29N3O3/c1-3-18-31-23-10-6-20(7-11-23)12-15-26-25(30)27-22-13-16-28(17-14-22)24(29)21-8-4-19(2)5-9-21/h1,4-11,22H,12-18H2,2H3,(H2,26,27,30). The molecule has 0 unspecified atom stereocenters. The van der Waals surface area contributed by atoms with Gasteiger partial charge in [-0.2, -0.15) is 0 Å². The third kappa shape index (κ3) is 6.78. The van der Waals surface area contributed by atoms with Crippen LogP contribution in [0.25, 0.3) is 0 Å². The number of ether oxygens (including phenoxy) is 1. The zero-order valence-electron chi connectivity index (χ0n) is 17.9. The second-order valence-corrected chi connectivity index (χ2v) is 7.72. The number of carbonyl (C=O) groups is 2. The lowest BCUT2D eigenvalue weighted by atomic mass is 10.0. The van der Waals surface area contributed by atoms with E-state index in [-0.39, 0.29) is 24.6 Å². The average molecular weight is 420 g/mol. The Balaban J connectivity index is 1.35. The molecule has 6 heteroatoms. The molecule has 1 heterocycles. The van der Waals surface area contributed by atoms with E-state index in [4.69, 9.17) is 11.2 Å². The van der Waals surface area contributed by atoms with Gasteiger partial charge in [-0.15, -0.1) is 6.42 Å². The summed E-state index contributed by atoms with van der Waals surface area (Å²) in [5, 5.41) is 5.92. The zero-order valence-corrected chi connectivity index (χ0v) is 17.9. The van der Waals surface area contributed by atoms with Crippen molar-refractivity contribution in [3.05, 3.63) is 65.2 Å². The lowest BCUT2D eigenvalue weighted by Crippen LogP contribution is -2.49. The van der Waals surface area contributed by atoms with E-state index in [1.165, 1.54) is 0 Å². The quantitative estimate of drug-likeness (QED) is 0.678. The lowest BCUT2D eigenvalue weighted by molar-refractivity contribution is 0.0708. The molecule has 6 nitrogen and oxygen atoms in total. The van der Waals surface area contributed by atoms with E-state index in [0.29, 0.717) is 25.2 Å². The van der Waals surface area contributed by atoms with Crippen molar-refractivity contribution in [3.8, 4) is 18.1 Å². The molecule has 31 heavy (non-hydrogen) atoms. The molecule has 1 aliphatic heterocycles. The number of aryl methyl sites for hydroxylation is 1. The molecule has 0 aromatic heterocycles. The van der Waals surface area contributed by atoms with E-state index in [0.717, 1.165) is 36.1 Å². The van der Waals surface area contributed by atoms with Gasteiger partial charge in [0.05, 0.1) is 0 Å². The summed E-state index contributed by atoms with van der Waals surface area (Å²) >= 11 is 0. The number of rotatable bonds is 7. The van der Waals surface area contributed by atoms with Gasteiger partial charge in [0, 0.05) is 31.2 Å². The van der Waals surface area contributed by atoms with E-state index in [9.17, 15) is 9.59 Å². The highest BCUT2D eigenvalue weighted by atomic mass is 16.5. The molecule has 2 N–H and O–H groups in total. The van der Waals surface area contributed by atoms with Gasteiger partial charge in [0.2, 0.25) is 0 Å². The number of nitrogens with one attached hydrogen (secondary N) is 2. The molecule has 0 atom stereocenters. The Morgan fingerprint density at radius 2 is 1.77 bits per heavy atom. The van der Waals surface area contributed by atoms with Crippen LogP contribution in [0.15, 0.2) is 48.5 Å². The first kappa shape index (κ1) is 22.2. The van der Waals surface area contributed by atoms with Gasteiger partial charge in [-0.25, -0.2) is 4.79 Å². The first-order valence-corrected chi connectivity index (χ1v) is 10.6. The Labute approximate surface area is 184 Å². The molecule has 1 aliphatic rings. The van der Waals surface area contributed by atoms with Crippen LogP contribution in [0.1, 0.15) is 34.3 Å². The summed E-state index contributed by atoms with van der Waals surface area (Å²) < 4.78 is 5.35. The first-order valence-electron chi connectivity index (χ1n) is 10.6. The Morgan fingerprint density at radius 3 is 2.42 bits per heavy atom. The summed E-state index contributed by atoms with van der Waals surface area (Å²) in [6.45, 7) is 4.09. The lowest BCUT2D eigenvalue weighted by Gasteiger charge is -2.32. The zero-order chi connectivity index (χ0) is 22.1. The number of piperidine rings is 1. The molecule has 3 rings (SSSR count). The molecule has 1 fully saturated rings. The monoisotopic (exact) mass is 419 g/mol. The fourth-order valence-corrected chi connectivity index (χ4v) is 3.54. The van der Waals surface area contributed by atoms with Crippen molar-refractivity contribution in [3.63, 3.8) is 0 Å². The molecule has 2 aromatic carbocycles. The fourth-order valence-electron chi connectivity index (χ4n) is 3.54. The van der Waals surface area contributed by atoms with E-state index in [1.807, 2.05) is 60.4 Å². The predicted octanol–water partition coefficient (Wildman–Crippen LogP) is 3.15. The normalized spacial score (nSPS) is 13.9. The number of benzene rings is 2. The number of hydrogen-bond donors (Lipinski definition) is 2. The van der Waals surface area contributed by atoms with Gasteiger partial charge >= 0.3 is 6.03 Å². The average Bonchev–Trinajstić information content (AvgIpc) is 2.79. The number of nitrogens with zero attached hydrogens (tertiary/aromatic N) is 1. The van der Waals surface area contributed by atoms with Crippen LogP contribution >= 0.6 is 0 Å². The molecular formula is C25H29N3O3. The molecular weight excluding hydrogens is 390 g/mol. The van der Waals surface area contributed by atoms with Crippen LogP contribution in [0.2, 0.25) is 0 Å². The maximum atomic E-state index is 12.6. The third-order valence-electron chi connectivity index (χ3n) is 5.36. The van der Waals surface area contributed by atoms with E-state index in [2.05, 4.69) is 16.6 Å². The molecule has 0 aliphatic carbocycles. The summed E-state index contributed by atoms with van der Waals surface area (Å²) in [6.07, 6.45) is 7.41. The van der Waals surface area contributed by atoms with Crippen LogP contribution in [-0.4, -0.2) is 49.1 Å². The number of carbonyl (C=O) groups excluding carboxylic acids is 2. The van der Waals surface area contributed by atoms with Crippen molar-refractivity contribution in [1.82, 2.24) is 15.5 Å². The highest BCUT2D eigenvalue weighted by molar-refractivity contribution is 5.94. The van der Waals surface area contributed by atoms with Gasteiger partial charge in [-0.05, 0) is 56.0 Å². The van der Waals surface area contributed by atoms with Crippen molar-refractivity contribution >= 4 is 11.9 Å². The smallest absolute Gasteiger partial charge is 0.315 e. The van der Waals surface area contributed by atoms with Gasteiger partial charge in [0.1, 0.15) is 12.4 Å². The molecule has 0 radical (unpaired) electrons. The predicted molar refractivity (Wildman–Crippen MR) is 121 cm³/mol. The van der Waals surface area contributed by atoms with Crippen molar-refractivity contribution in [1.29, 1.82) is 0 Å². The highest BCUT2D eigenvalue weighted by Gasteiger charge is 2.24. The van der Waals surface area contributed by atoms with Gasteiger partial charge in [-0.1, -0.05) is 35.7 Å². The number of hydrogen-bond acceptors (Lipinski definition) is 3. The number of terminal acetylenes is 1. The van der Waals surface area contributed by atoms with Crippen LogP contribution in [0.4, 0.5) is 4.79 Å². The van der Waals surface area contributed by atoms with Crippen LogP contribution in [-0.2, 0) is 6.42 Å². The molecule has 0 saturated carbocycles. The summed E-state index contributed by atoms with van der Waals surface area (Å²) in [7, 11) is 0. The molecule has 3 amide bonds. The van der Waals surface area contributed by atoms with Crippen molar-refractivity contribution in [2.24, 2.45) is 0 Å². The van der Waals surface area contributed by atoms with Crippen LogP contribution in [0, 0.1) is 19.3 Å². The Hall–Kier alpha value is -3.46. The Bertz CT molecular complexity index is 909. The summed E-state index contributed by atoms with van der Waals surface area (Å²) in [5.41, 5.74) is 2.96. The third-order valence-corrected chi connectivity index (χ3v) is 5.36. The van der Waals surface area contributed by atoms with Gasteiger partial charge in [-0.3, -0.25) is 4.79 Å². The molecule has 0 spiro atoms.